The van der Waals surface area contributed by atoms with Crippen LogP contribution in [0.5, 0.6) is 0 Å². The van der Waals surface area contributed by atoms with Crippen molar-refractivity contribution < 1.29 is 9.47 Å². The standard InChI is InChI=1S/C32H44N4O2S2/c1-22-18-24(10-12-28(22)35-30(39)33-20-26-8-6-16-37-26)32(14-4-3-5-15-32)25-11-13-29(23(2)19-25)36-31(40)34-21-27-9-7-17-38-27/h10-13,18-19,26-27H,3-9,14-17,20-21H2,1-2H3,(H2,33,35,39)(H2,34,36,40)/t26-,27+. The lowest BCUT2D eigenvalue weighted by molar-refractivity contribution is 0.114. The van der Waals surface area contributed by atoms with Gasteiger partial charge in [-0.2, -0.15) is 0 Å². The summed E-state index contributed by atoms with van der Waals surface area (Å²) in [5, 5.41) is 14.8. The number of hydrogen-bond acceptors (Lipinski definition) is 4. The molecule has 2 atom stereocenters. The first kappa shape index (κ1) is 29.2. The highest BCUT2D eigenvalue weighted by molar-refractivity contribution is 7.80. The average molecular weight is 581 g/mol. The number of anilines is 2. The van der Waals surface area contributed by atoms with E-state index in [0.29, 0.717) is 10.2 Å². The van der Waals surface area contributed by atoms with E-state index in [4.69, 9.17) is 33.9 Å². The summed E-state index contributed by atoms with van der Waals surface area (Å²) in [5.74, 6) is 0. The van der Waals surface area contributed by atoms with Gasteiger partial charge in [0.25, 0.3) is 0 Å². The summed E-state index contributed by atoms with van der Waals surface area (Å²) in [7, 11) is 0. The Morgan fingerprint density at radius 3 is 1.60 bits per heavy atom. The van der Waals surface area contributed by atoms with E-state index in [2.05, 4.69) is 71.5 Å². The van der Waals surface area contributed by atoms with Crippen LogP contribution in [0.1, 0.15) is 80.0 Å². The molecule has 216 valence electrons. The normalized spacial score (nSPS) is 22.1. The number of benzene rings is 2. The maximum absolute atomic E-state index is 5.71. The molecule has 0 spiro atoms. The fourth-order valence-electron chi connectivity index (χ4n) is 6.46. The van der Waals surface area contributed by atoms with Gasteiger partial charge < -0.3 is 30.7 Å². The zero-order chi connectivity index (χ0) is 28.0. The summed E-state index contributed by atoms with van der Waals surface area (Å²) in [5.41, 5.74) is 7.33. The Kier molecular flexibility index (Phi) is 9.94. The van der Waals surface area contributed by atoms with Crippen LogP contribution in [-0.4, -0.2) is 48.7 Å². The Hall–Kier alpha value is -2.26. The lowest BCUT2D eigenvalue weighted by Gasteiger charge is -2.39. The molecule has 40 heavy (non-hydrogen) atoms. The highest BCUT2D eigenvalue weighted by Gasteiger charge is 2.36. The third-order valence-corrected chi connectivity index (χ3v) is 9.28. The van der Waals surface area contributed by atoms with Gasteiger partial charge in [-0.3, -0.25) is 0 Å². The molecule has 3 aliphatic rings. The van der Waals surface area contributed by atoms with Gasteiger partial charge in [0.2, 0.25) is 0 Å². The molecule has 2 aliphatic heterocycles. The molecule has 1 saturated carbocycles. The zero-order valence-corrected chi connectivity index (χ0v) is 25.6. The molecule has 1 aliphatic carbocycles. The van der Waals surface area contributed by atoms with Gasteiger partial charge in [-0.05, 0) is 111 Å². The zero-order valence-electron chi connectivity index (χ0n) is 23.9. The Bertz CT molecular complexity index is 1100. The third-order valence-electron chi connectivity index (χ3n) is 8.79. The molecule has 0 radical (unpaired) electrons. The van der Waals surface area contributed by atoms with E-state index in [1.54, 1.807) is 0 Å². The second-order valence-electron chi connectivity index (χ2n) is 11.6. The van der Waals surface area contributed by atoms with Crippen molar-refractivity contribution in [1.29, 1.82) is 0 Å². The molecule has 6 nitrogen and oxygen atoms in total. The van der Waals surface area contributed by atoms with Crippen molar-refractivity contribution in [1.82, 2.24) is 10.6 Å². The molecule has 2 heterocycles. The summed E-state index contributed by atoms with van der Waals surface area (Å²) in [4.78, 5) is 0. The third kappa shape index (κ3) is 7.14. The van der Waals surface area contributed by atoms with Crippen molar-refractivity contribution in [3.63, 3.8) is 0 Å². The average Bonchev–Trinajstić information content (AvgIpc) is 3.68. The number of hydrogen-bond donors (Lipinski definition) is 4. The number of nitrogens with one attached hydrogen (secondary N) is 4. The van der Waals surface area contributed by atoms with Crippen molar-refractivity contribution in [2.45, 2.75) is 89.3 Å². The molecule has 2 aromatic carbocycles. The van der Waals surface area contributed by atoms with Gasteiger partial charge in [0.15, 0.2) is 10.2 Å². The lowest BCUT2D eigenvalue weighted by atomic mass is 9.65. The van der Waals surface area contributed by atoms with Crippen LogP contribution in [0.15, 0.2) is 36.4 Å². The van der Waals surface area contributed by atoms with E-state index in [9.17, 15) is 0 Å². The van der Waals surface area contributed by atoms with Gasteiger partial charge in [0, 0.05) is 43.1 Å². The Balaban J connectivity index is 1.28. The fraction of sp³-hybridized carbons (Fsp3) is 0.562. The second-order valence-corrected chi connectivity index (χ2v) is 12.5. The maximum atomic E-state index is 5.71. The molecule has 3 fully saturated rings. The maximum Gasteiger partial charge on any atom is 0.170 e. The predicted molar refractivity (Wildman–Crippen MR) is 173 cm³/mol. The van der Waals surface area contributed by atoms with Gasteiger partial charge in [0.05, 0.1) is 12.2 Å². The smallest absolute Gasteiger partial charge is 0.170 e. The predicted octanol–water partition coefficient (Wildman–Crippen LogP) is 6.48. The quantitative estimate of drug-likeness (QED) is 0.265. The molecular weight excluding hydrogens is 537 g/mol. The molecule has 5 rings (SSSR count). The van der Waals surface area contributed by atoms with E-state index in [1.807, 2.05) is 0 Å². The molecule has 8 heteroatoms. The molecule has 4 N–H and O–H groups in total. The Morgan fingerprint density at radius 2 is 1.20 bits per heavy atom. The molecule has 0 bridgehead atoms. The van der Waals surface area contributed by atoms with Crippen LogP contribution in [-0.2, 0) is 14.9 Å². The number of rotatable bonds is 8. The highest BCUT2D eigenvalue weighted by Crippen LogP contribution is 2.46. The van der Waals surface area contributed by atoms with E-state index < -0.39 is 0 Å². The Labute approximate surface area is 250 Å². The molecule has 0 aromatic heterocycles. The van der Waals surface area contributed by atoms with Gasteiger partial charge in [-0.1, -0.05) is 43.5 Å². The summed E-state index contributed by atoms with van der Waals surface area (Å²) < 4.78 is 11.4. The molecular formula is C32H44N4O2S2. The lowest BCUT2D eigenvalue weighted by Crippen LogP contribution is -2.35. The van der Waals surface area contributed by atoms with Crippen LogP contribution in [0, 0.1) is 13.8 Å². The van der Waals surface area contributed by atoms with Gasteiger partial charge in [-0.15, -0.1) is 0 Å². The van der Waals surface area contributed by atoms with E-state index in [1.165, 1.54) is 41.5 Å². The van der Waals surface area contributed by atoms with Crippen molar-refractivity contribution in [3.8, 4) is 0 Å². The minimum absolute atomic E-state index is 0.0158. The molecule has 2 aromatic rings. The van der Waals surface area contributed by atoms with Crippen LogP contribution in [0.25, 0.3) is 0 Å². The van der Waals surface area contributed by atoms with Crippen molar-refractivity contribution >= 4 is 46.0 Å². The van der Waals surface area contributed by atoms with Crippen molar-refractivity contribution in [2.24, 2.45) is 0 Å². The molecule has 2 saturated heterocycles. The minimum atomic E-state index is 0.0158. The van der Waals surface area contributed by atoms with Crippen LogP contribution in [0.3, 0.4) is 0 Å². The fourth-order valence-corrected chi connectivity index (χ4v) is 6.85. The SMILES string of the molecule is Cc1cc(C2(c3ccc(NC(=S)NC[C@@H]4CCCO4)c(C)c3)CCCCC2)ccc1NC(=S)NC[C@H]1CCCO1. The van der Waals surface area contributed by atoms with E-state index in [-0.39, 0.29) is 17.6 Å². The first-order chi connectivity index (χ1) is 19.4. The Morgan fingerprint density at radius 1 is 0.725 bits per heavy atom. The molecule has 0 unspecified atom stereocenters. The van der Waals surface area contributed by atoms with Gasteiger partial charge >= 0.3 is 0 Å². The van der Waals surface area contributed by atoms with Crippen LogP contribution < -0.4 is 21.3 Å². The number of aryl methyl sites for hydroxylation is 2. The topological polar surface area (TPSA) is 66.6 Å². The van der Waals surface area contributed by atoms with Gasteiger partial charge in [0.1, 0.15) is 0 Å². The van der Waals surface area contributed by atoms with Crippen LogP contribution in [0.4, 0.5) is 11.4 Å². The van der Waals surface area contributed by atoms with Crippen molar-refractivity contribution in [3.05, 3.63) is 58.7 Å². The van der Waals surface area contributed by atoms with E-state index in [0.717, 1.165) is 76.2 Å². The monoisotopic (exact) mass is 580 g/mol. The molecule has 0 amide bonds. The highest BCUT2D eigenvalue weighted by atomic mass is 32.1. The number of thiocarbonyl (C=S) groups is 2. The van der Waals surface area contributed by atoms with Crippen LogP contribution in [0.2, 0.25) is 0 Å². The van der Waals surface area contributed by atoms with E-state index >= 15 is 0 Å². The summed E-state index contributed by atoms with van der Waals surface area (Å²) in [6, 6.07) is 13.7. The largest absolute Gasteiger partial charge is 0.376 e. The minimum Gasteiger partial charge on any atom is -0.376 e. The first-order valence-corrected chi connectivity index (χ1v) is 15.8. The van der Waals surface area contributed by atoms with Crippen LogP contribution >= 0.6 is 24.4 Å². The summed E-state index contributed by atoms with van der Waals surface area (Å²) in [6.07, 6.45) is 11.1. The summed E-state index contributed by atoms with van der Waals surface area (Å²) in [6.45, 7) is 7.57. The van der Waals surface area contributed by atoms with Gasteiger partial charge in [-0.25, -0.2) is 0 Å². The van der Waals surface area contributed by atoms with Crippen molar-refractivity contribution in [2.75, 3.05) is 36.9 Å². The number of ether oxygens (including phenoxy) is 2. The second kappa shape index (κ2) is 13.6. The summed E-state index contributed by atoms with van der Waals surface area (Å²) >= 11 is 11.2. The first-order valence-electron chi connectivity index (χ1n) is 15.0.